The quantitative estimate of drug-likeness (QED) is 0.718. The zero-order valence-corrected chi connectivity index (χ0v) is 15.9. The molecule has 2 unspecified atom stereocenters. The van der Waals surface area contributed by atoms with E-state index in [2.05, 4.69) is 10.1 Å². The molecule has 1 aliphatic heterocycles. The number of hydrogen-bond donors (Lipinski definition) is 0. The summed E-state index contributed by atoms with van der Waals surface area (Å²) in [5.74, 6) is -0.188. The van der Waals surface area contributed by atoms with Crippen LogP contribution in [0.15, 0.2) is 17.3 Å². The molecule has 0 radical (unpaired) electrons. The minimum atomic E-state index is -3.11. The van der Waals surface area contributed by atoms with Gasteiger partial charge in [-0.3, -0.25) is 18.8 Å². The van der Waals surface area contributed by atoms with Crippen LogP contribution in [-0.4, -0.2) is 62.1 Å². The Morgan fingerprint density at radius 2 is 2.19 bits per heavy atom. The van der Waals surface area contributed by atoms with Crippen molar-refractivity contribution in [3.63, 3.8) is 0 Å². The van der Waals surface area contributed by atoms with Gasteiger partial charge < -0.3 is 4.90 Å². The second-order valence-electron chi connectivity index (χ2n) is 6.80. The molecule has 3 heterocycles. The number of hydrogen-bond acceptors (Lipinski definition) is 6. The topological polar surface area (TPSA) is 107 Å². The number of amides is 1. The highest BCUT2D eigenvalue weighted by molar-refractivity contribution is 7.91. The van der Waals surface area contributed by atoms with Gasteiger partial charge in [-0.05, 0) is 19.8 Å². The monoisotopic (exact) mass is 381 g/mol. The van der Waals surface area contributed by atoms with Crippen molar-refractivity contribution >= 4 is 26.8 Å². The van der Waals surface area contributed by atoms with Crippen molar-refractivity contribution in [3.05, 3.63) is 22.9 Å². The number of rotatable bonds is 5. The molecule has 2 atom stereocenters. The van der Waals surface area contributed by atoms with Gasteiger partial charge in [-0.25, -0.2) is 13.4 Å². The molecular formula is C16H23N5O4S. The van der Waals surface area contributed by atoms with E-state index in [0.29, 0.717) is 23.9 Å². The Kier molecular flexibility index (Phi) is 4.87. The average Bonchev–Trinajstić information content (AvgIpc) is 3.13. The molecule has 0 N–H and O–H groups in total. The summed E-state index contributed by atoms with van der Waals surface area (Å²) in [5, 5.41) is 4.36. The summed E-state index contributed by atoms with van der Waals surface area (Å²) >= 11 is 0. The molecule has 1 fully saturated rings. The van der Waals surface area contributed by atoms with Gasteiger partial charge in [-0.2, -0.15) is 5.10 Å². The van der Waals surface area contributed by atoms with Crippen LogP contribution in [-0.2, 0) is 28.2 Å². The largest absolute Gasteiger partial charge is 0.334 e. The lowest BCUT2D eigenvalue weighted by Gasteiger charge is -2.33. The number of aromatic nitrogens is 4. The number of aryl methyl sites for hydroxylation is 1. The van der Waals surface area contributed by atoms with Crippen molar-refractivity contribution in [1.29, 1.82) is 0 Å². The fourth-order valence-corrected chi connectivity index (χ4v) is 5.12. The van der Waals surface area contributed by atoms with Crippen molar-refractivity contribution in [3.8, 4) is 0 Å². The van der Waals surface area contributed by atoms with Crippen molar-refractivity contribution in [2.75, 3.05) is 11.5 Å². The third-order valence-electron chi connectivity index (χ3n) is 4.98. The summed E-state index contributed by atoms with van der Waals surface area (Å²) in [5.41, 5.74) is 0.124. The van der Waals surface area contributed by atoms with E-state index in [9.17, 15) is 18.0 Å². The molecule has 1 aliphatic rings. The van der Waals surface area contributed by atoms with Gasteiger partial charge >= 0.3 is 0 Å². The van der Waals surface area contributed by atoms with E-state index in [1.165, 1.54) is 21.8 Å². The maximum Gasteiger partial charge on any atom is 0.264 e. The fraction of sp³-hybridized carbons (Fsp3) is 0.625. The molecule has 9 nitrogen and oxygen atoms in total. The Bertz CT molecular complexity index is 994. The molecule has 2 aromatic rings. The molecule has 142 valence electrons. The van der Waals surface area contributed by atoms with E-state index in [1.54, 1.807) is 11.9 Å². The molecule has 1 amide bonds. The molecular weight excluding hydrogens is 358 g/mol. The SMILES string of the molecule is CCC(C)N(C(=O)Cn1cnc2c(cnn2C)c1=O)C1CCS(=O)(=O)C1. The van der Waals surface area contributed by atoms with E-state index in [0.717, 1.165) is 0 Å². The summed E-state index contributed by atoms with van der Waals surface area (Å²) in [6.07, 6.45) is 3.91. The van der Waals surface area contributed by atoms with Crippen LogP contribution in [0.3, 0.4) is 0 Å². The van der Waals surface area contributed by atoms with Crippen molar-refractivity contribution in [2.24, 2.45) is 7.05 Å². The lowest BCUT2D eigenvalue weighted by Crippen LogP contribution is -2.48. The van der Waals surface area contributed by atoms with Crippen LogP contribution < -0.4 is 5.56 Å². The van der Waals surface area contributed by atoms with Crippen LogP contribution in [0.4, 0.5) is 0 Å². The van der Waals surface area contributed by atoms with Crippen LogP contribution >= 0.6 is 0 Å². The maximum atomic E-state index is 12.9. The molecule has 0 aliphatic carbocycles. The first-order chi connectivity index (χ1) is 12.2. The van der Waals surface area contributed by atoms with Gasteiger partial charge in [0.05, 0.1) is 17.7 Å². The van der Waals surface area contributed by atoms with Crippen molar-refractivity contribution < 1.29 is 13.2 Å². The van der Waals surface area contributed by atoms with E-state index in [4.69, 9.17) is 0 Å². The summed E-state index contributed by atoms with van der Waals surface area (Å²) < 4.78 is 26.4. The molecule has 0 aromatic carbocycles. The summed E-state index contributed by atoms with van der Waals surface area (Å²) in [6, 6.07) is -0.445. The number of carbonyl (C=O) groups excluding carboxylic acids is 1. The van der Waals surface area contributed by atoms with Crippen LogP contribution in [0.1, 0.15) is 26.7 Å². The first-order valence-electron chi connectivity index (χ1n) is 8.62. The lowest BCUT2D eigenvalue weighted by molar-refractivity contribution is -0.136. The number of nitrogens with zero attached hydrogens (tertiary/aromatic N) is 5. The molecule has 3 rings (SSSR count). The standard InChI is InChI=1S/C16H23N5O4S/c1-4-11(2)21(12-5-6-26(24,25)9-12)14(22)8-20-10-17-15-13(16(20)23)7-18-19(15)3/h7,10-12H,4-6,8-9H2,1-3H3. The zero-order chi connectivity index (χ0) is 19.1. The van der Waals surface area contributed by atoms with Crippen LogP contribution in [0.5, 0.6) is 0 Å². The van der Waals surface area contributed by atoms with E-state index >= 15 is 0 Å². The maximum absolute atomic E-state index is 12.9. The predicted octanol–water partition coefficient (Wildman–Crippen LogP) is -0.0558. The van der Waals surface area contributed by atoms with Crippen LogP contribution in [0.25, 0.3) is 11.0 Å². The second kappa shape index (κ2) is 6.82. The molecule has 1 saturated heterocycles. The Morgan fingerprint density at radius 3 is 2.81 bits per heavy atom. The van der Waals surface area contributed by atoms with Crippen LogP contribution in [0.2, 0.25) is 0 Å². The molecule has 10 heteroatoms. The summed E-state index contributed by atoms with van der Waals surface area (Å²) in [7, 11) is -1.42. The summed E-state index contributed by atoms with van der Waals surface area (Å²) in [6.45, 7) is 3.68. The Balaban J connectivity index is 1.88. The average molecular weight is 381 g/mol. The van der Waals surface area contributed by atoms with Crippen molar-refractivity contribution in [2.45, 2.75) is 45.3 Å². The first-order valence-corrected chi connectivity index (χ1v) is 10.4. The van der Waals surface area contributed by atoms with Gasteiger partial charge in [-0.15, -0.1) is 0 Å². The predicted molar refractivity (Wildman–Crippen MR) is 96.4 cm³/mol. The van der Waals surface area contributed by atoms with Gasteiger partial charge in [0.2, 0.25) is 5.91 Å². The van der Waals surface area contributed by atoms with Crippen molar-refractivity contribution in [1.82, 2.24) is 24.2 Å². The molecule has 0 bridgehead atoms. The van der Waals surface area contributed by atoms with Gasteiger partial charge in [0.25, 0.3) is 5.56 Å². The highest BCUT2D eigenvalue weighted by Crippen LogP contribution is 2.21. The third-order valence-corrected chi connectivity index (χ3v) is 6.73. The summed E-state index contributed by atoms with van der Waals surface area (Å²) in [4.78, 5) is 31.3. The highest BCUT2D eigenvalue weighted by Gasteiger charge is 2.36. The normalized spacial score (nSPS) is 20.3. The minimum Gasteiger partial charge on any atom is -0.334 e. The smallest absolute Gasteiger partial charge is 0.264 e. The van der Waals surface area contributed by atoms with E-state index < -0.39 is 9.84 Å². The molecule has 2 aromatic heterocycles. The lowest BCUT2D eigenvalue weighted by atomic mass is 10.1. The fourth-order valence-electron chi connectivity index (χ4n) is 3.41. The Labute approximate surface area is 151 Å². The van der Waals surface area contributed by atoms with Gasteiger partial charge in [-0.1, -0.05) is 6.92 Å². The first kappa shape index (κ1) is 18.6. The molecule has 26 heavy (non-hydrogen) atoms. The van der Waals surface area contributed by atoms with Gasteiger partial charge in [0.15, 0.2) is 15.5 Å². The van der Waals surface area contributed by atoms with E-state index in [1.807, 2.05) is 13.8 Å². The zero-order valence-electron chi connectivity index (χ0n) is 15.1. The number of carbonyl (C=O) groups is 1. The number of sulfone groups is 1. The third kappa shape index (κ3) is 3.37. The van der Waals surface area contributed by atoms with Gasteiger partial charge in [0.1, 0.15) is 18.3 Å². The molecule has 0 spiro atoms. The number of fused-ring (bicyclic) bond motifs is 1. The van der Waals surface area contributed by atoms with Gasteiger partial charge in [0, 0.05) is 19.1 Å². The Morgan fingerprint density at radius 1 is 1.46 bits per heavy atom. The second-order valence-corrected chi connectivity index (χ2v) is 9.03. The van der Waals surface area contributed by atoms with E-state index in [-0.39, 0.29) is 41.6 Å². The molecule has 0 saturated carbocycles. The highest BCUT2D eigenvalue weighted by atomic mass is 32.2. The van der Waals surface area contributed by atoms with Crippen LogP contribution in [0, 0.1) is 0 Å². The minimum absolute atomic E-state index is 0.0160. The Hall–Kier alpha value is -2.23.